The van der Waals surface area contributed by atoms with Crippen LogP contribution in [0.4, 0.5) is 11.5 Å². The lowest BCUT2D eigenvalue weighted by Gasteiger charge is -2.30. The molecule has 2 aliphatic rings. The quantitative estimate of drug-likeness (QED) is 0.320. The number of ether oxygens (including phenoxy) is 1. The first-order valence-electron chi connectivity index (χ1n) is 14.0. The van der Waals surface area contributed by atoms with E-state index >= 15 is 0 Å². The van der Waals surface area contributed by atoms with Crippen LogP contribution in [0.2, 0.25) is 5.02 Å². The summed E-state index contributed by atoms with van der Waals surface area (Å²) in [5, 5.41) is 6.27. The van der Waals surface area contributed by atoms with Crippen LogP contribution >= 0.6 is 11.6 Å². The Labute approximate surface area is 253 Å². The van der Waals surface area contributed by atoms with Crippen LogP contribution in [0.5, 0.6) is 0 Å². The number of amides is 2. The lowest BCUT2D eigenvalue weighted by molar-refractivity contribution is -0.144. The third kappa shape index (κ3) is 6.31. The van der Waals surface area contributed by atoms with Crippen molar-refractivity contribution in [1.82, 2.24) is 9.88 Å². The minimum Gasteiger partial charge on any atom is -0.456 e. The second-order valence-electron chi connectivity index (χ2n) is 10.8. The third-order valence-corrected chi connectivity index (χ3v) is 7.78. The van der Waals surface area contributed by atoms with Crippen LogP contribution in [0.15, 0.2) is 57.7 Å². The van der Waals surface area contributed by atoms with Gasteiger partial charge in [-0.3, -0.25) is 24.2 Å². The summed E-state index contributed by atoms with van der Waals surface area (Å²) in [7, 11) is 3.70. The van der Waals surface area contributed by atoms with Crippen LogP contribution in [-0.2, 0) is 24.7 Å². The van der Waals surface area contributed by atoms with E-state index in [-0.39, 0.29) is 28.8 Å². The lowest BCUT2D eigenvalue weighted by Crippen LogP contribution is -2.38. The van der Waals surface area contributed by atoms with Gasteiger partial charge >= 0.3 is 5.97 Å². The zero-order chi connectivity index (χ0) is 30.7. The number of hydrogen-bond donors (Lipinski definition) is 2. The molecule has 0 saturated heterocycles. The maximum atomic E-state index is 14.5. The Morgan fingerprint density at radius 1 is 1.09 bits per heavy atom. The Balaban J connectivity index is 1.66. The number of hydrogen-bond acceptors (Lipinski definition) is 9. The van der Waals surface area contributed by atoms with E-state index in [0.717, 1.165) is 32.1 Å². The number of carbonyl (C=O) groups is 4. The van der Waals surface area contributed by atoms with Gasteiger partial charge < -0.3 is 24.7 Å². The molecule has 3 aromatic rings. The third-order valence-electron chi connectivity index (χ3n) is 7.56. The highest BCUT2D eigenvalue weighted by molar-refractivity contribution is 6.30. The zero-order valence-electron chi connectivity index (χ0n) is 24.1. The Morgan fingerprint density at radius 2 is 1.86 bits per heavy atom. The molecule has 3 heterocycles. The molecule has 224 valence electrons. The summed E-state index contributed by atoms with van der Waals surface area (Å²) in [5.41, 5.74) is 0.105. The number of furan rings is 1. The molecule has 2 aromatic heterocycles. The molecule has 1 aliphatic heterocycles. The molecular weight excluding hydrogens is 574 g/mol. The van der Waals surface area contributed by atoms with E-state index in [1.807, 2.05) is 19.0 Å². The van der Waals surface area contributed by atoms with Gasteiger partial charge in [0.25, 0.3) is 11.8 Å². The van der Waals surface area contributed by atoms with E-state index in [9.17, 15) is 19.2 Å². The molecule has 1 saturated carbocycles. The zero-order valence-corrected chi connectivity index (χ0v) is 24.9. The molecule has 0 spiro atoms. The summed E-state index contributed by atoms with van der Waals surface area (Å²) in [6.45, 7) is 0.750. The van der Waals surface area contributed by atoms with Crippen molar-refractivity contribution < 1.29 is 28.3 Å². The number of anilines is 2. The Bertz CT molecular complexity index is 1640. The van der Waals surface area contributed by atoms with E-state index in [1.54, 1.807) is 42.6 Å². The summed E-state index contributed by atoms with van der Waals surface area (Å²) in [4.78, 5) is 62.8. The smallest absolute Gasteiger partial charge is 0.303 e. The molecule has 1 atom stereocenters. The van der Waals surface area contributed by atoms with E-state index in [1.165, 1.54) is 13.1 Å². The number of allylic oxidation sites excluding steroid dienone is 1. The van der Waals surface area contributed by atoms with Gasteiger partial charge in [-0.2, -0.15) is 0 Å². The summed E-state index contributed by atoms with van der Waals surface area (Å²) in [6.07, 6.45) is 9.19. The molecule has 1 unspecified atom stereocenters. The Kier molecular flexibility index (Phi) is 8.63. The number of nitrogens with zero attached hydrogens (tertiary/aromatic N) is 3. The normalized spacial score (nSPS) is 18.3. The number of esters is 1. The predicted octanol–water partition coefficient (Wildman–Crippen LogP) is 5.11. The number of ketones is 1. The van der Waals surface area contributed by atoms with Crippen LogP contribution in [0.25, 0.3) is 11.0 Å². The molecular formula is C31H32ClN5O6. The van der Waals surface area contributed by atoms with Crippen molar-refractivity contribution in [1.29, 1.82) is 0 Å². The van der Waals surface area contributed by atoms with Crippen molar-refractivity contribution in [2.75, 3.05) is 31.3 Å². The van der Waals surface area contributed by atoms with Gasteiger partial charge in [-0.15, -0.1) is 0 Å². The molecule has 5 rings (SSSR count). The van der Waals surface area contributed by atoms with Gasteiger partial charge in [-0.25, -0.2) is 4.98 Å². The molecule has 0 radical (unpaired) electrons. The van der Waals surface area contributed by atoms with Crippen molar-refractivity contribution >= 4 is 63.9 Å². The number of halogens is 1. The molecule has 1 aromatic carbocycles. The number of Topliss-reactive ketones (excluding diaryl/α,β-unsaturated/α-hetero) is 1. The van der Waals surface area contributed by atoms with E-state index in [0.29, 0.717) is 27.4 Å². The van der Waals surface area contributed by atoms with Gasteiger partial charge in [0.2, 0.25) is 0 Å². The van der Waals surface area contributed by atoms with Gasteiger partial charge in [-0.1, -0.05) is 30.9 Å². The number of carbonyl (C=O) groups excluding carboxylic acids is 4. The minimum atomic E-state index is -1.55. The fourth-order valence-electron chi connectivity index (χ4n) is 5.47. The fourth-order valence-corrected chi connectivity index (χ4v) is 5.58. The highest BCUT2D eigenvalue weighted by Gasteiger charge is 2.49. The van der Waals surface area contributed by atoms with Crippen molar-refractivity contribution in [2.24, 2.45) is 10.9 Å². The van der Waals surface area contributed by atoms with Crippen LogP contribution in [-0.4, -0.2) is 60.4 Å². The molecule has 0 bridgehead atoms. The number of benzene rings is 1. The lowest BCUT2D eigenvalue weighted by atomic mass is 9.74. The van der Waals surface area contributed by atoms with Crippen LogP contribution in [0, 0.1) is 5.92 Å². The van der Waals surface area contributed by atoms with Crippen molar-refractivity contribution in [3.63, 3.8) is 0 Å². The monoisotopic (exact) mass is 605 g/mol. The first kappa shape index (κ1) is 30.0. The largest absolute Gasteiger partial charge is 0.456 e. The minimum absolute atomic E-state index is 0.104. The molecule has 2 amide bonds. The number of nitrogens with one attached hydrogen (secondary N) is 2. The average molecular weight is 606 g/mol. The second kappa shape index (κ2) is 12.4. The van der Waals surface area contributed by atoms with Crippen LogP contribution in [0.1, 0.15) is 55.1 Å². The number of aromatic nitrogens is 1. The highest BCUT2D eigenvalue weighted by Crippen LogP contribution is 2.45. The van der Waals surface area contributed by atoms with E-state index in [2.05, 4.69) is 15.6 Å². The molecule has 2 N–H and O–H groups in total. The van der Waals surface area contributed by atoms with Crippen molar-refractivity contribution in [3.8, 4) is 0 Å². The van der Waals surface area contributed by atoms with Gasteiger partial charge in [0.1, 0.15) is 11.4 Å². The molecule has 12 heteroatoms. The standard InChI is InChI=1S/C31H32ClN5O6/c1-18(38)42-17-26(39)35-21-10-11-24-23(13-21)27(28(43-24)30(41)36-25-12-9-20(32)15-33-25)31(14-22(16-34-31)37(2)3)29(40)19-7-5-4-6-8-19/h9-16,19H,4-8,17H2,1-3H3,(H,35,39)(H,33,36,41). The molecule has 1 aliphatic carbocycles. The van der Waals surface area contributed by atoms with E-state index in [4.69, 9.17) is 25.7 Å². The summed E-state index contributed by atoms with van der Waals surface area (Å²) < 4.78 is 11.0. The van der Waals surface area contributed by atoms with Crippen molar-refractivity contribution in [2.45, 2.75) is 44.6 Å². The number of pyridine rings is 1. The first-order chi connectivity index (χ1) is 20.6. The Morgan fingerprint density at radius 3 is 2.51 bits per heavy atom. The molecule has 43 heavy (non-hydrogen) atoms. The first-order valence-corrected chi connectivity index (χ1v) is 14.4. The SMILES string of the molecule is CC(=O)OCC(=O)Nc1ccc2oc(C(=O)Nc3ccc(Cl)cn3)c(C3(C(=O)C4CCCCC4)C=C(N(C)C)C=N3)c2c1. The maximum Gasteiger partial charge on any atom is 0.303 e. The summed E-state index contributed by atoms with van der Waals surface area (Å²) in [5.74, 6) is -1.99. The van der Waals surface area contributed by atoms with Gasteiger partial charge in [-0.05, 0) is 49.2 Å². The van der Waals surface area contributed by atoms with Gasteiger partial charge in [0.05, 0.1) is 16.3 Å². The second-order valence-corrected chi connectivity index (χ2v) is 11.3. The average Bonchev–Trinajstić information content (AvgIpc) is 3.60. The van der Waals surface area contributed by atoms with Gasteiger partial charge in [0.15, 0.2) is 23.7 Å². The fraction of sp³-hybridized carbons (Fsp3) is 0.355. The molecule has 11 nitrogen and oxygen atoms in total. The summed E-state index contributed by atoms with van der Waals surface area (Å²) in [6, 6.07) is 7.98. The predicted molar refractivity (Wildman–Crippen MR) is 162 cm³/mol. The topological polar surface area (TPSA) is 143 Å². The van der Waals surface area contributed by atoms with Crippen LogP contribution < -0.4 is 10.6 Å². The van der Waals surface area contributed by atoms with Crippen molar-refractivity contribution in [3.05, 3.63) is 64.6 Å². The molecule has 1 fully saturated rings. The summed E-state index contributed by atoms with van der Waals surface area (Å²) >= 11 is 5.97. The Hall–Kier alpha value is -4.51. The van der Waals surface area contributed by atoms with Gasteiger partial charge in [0, 0.05) is 50.4 Å². The number of fused-ring (bicyclic) bond motifs is 1. The van der Waals surface area contributed by atoms with E-state index < -0.39 is 29.9 Å². The maximum absolute atomic E-state index is 14.5. The highest BCUT2D eigenvalue weighted by atomic mass is 35.5. The van der Waals surface area contributed by atoms with Crippen LogP contribution in [0.3, 0.4) is 0 Å². The number of rotatable bonds is 9. The number of aliphatic imine (C=N–C) groups is 1.